The lowest BCUT2D eigenvalue weighted by Crippen LogP contribution is -2.45. The molecule has 0 fully saturated rings. The number of imide groups is 1. The molecule has 2 aromatic rings. The Balaban J connectivity index is 1.75. The first kappa shape index (κ1) is 16.6. The van der Waals surface area contributed by atoms with Gasteiger partial charge in [0.05, 0.1) is 17.2 Å². The van der Waals surface area contributed by atoms with Crippen molar-refractivity contribution in [2.24, 2.45) is 0 Å². The summed E-state index contributed by atoms with van der Waals surface area (Å²) in [6.45, 7) is 3.80. The van der Waals surface area contributed by atoms with Crippen molar-refractivity contribution in [2.45, 2.75) is 12.5 Å². The molecule has 3 amide bonds. The van der Waals surface area contributed by atoms with Gasteiger partial charge in [0.25, 0.3) is 17.7 Å². The smallest absolute Gasteiger partial charge is 0.261 e. The first-order chi connectivity index (χ1) is 12.1. The van der Waals surface area contributed by atoms with Gasteiger partial charge in [-0.25, -0.2) is 0 Å². The zero-order valence-corrected chi connectivity index (χ0v) is 13.6. The Labute approximate surface area is 146 Å². The number of carbonyl (C=O) groups excluding carboxylic acids is 3. The van der Waals surface area contributed by atoms with E-state index in [1.54, 1.807) is 54.6 Å². The average Bonchev–Trinajstić information content (AvgIpc) is 2.88. The lowest BCUT2D eigenvalue weighted by atomic mass is 10.1. The van der Waals surface area contributed by atoms with E-state index in [-0.39, 0.29) is 24.3 Å². The predicted octanol–water partition coefficient (Wildman–Crippen LogP) is 2.66. The van der Waals surface area contributed by atoms with Gasteiger partial charge in [0.2, 0.25) is 0 Å². The van der Waals surface area contributed by atoms with Crippen LogP contribution in [-0.2, 0) is 0 Å². The fraction of sp³-hybridized carbons (Fsp3) is 0.150. The Morgan fingerprint density at radius 2 is 1.56 bits per heavy atom. The average molecular weight is 334 g/mol. The monoisotopic (exact) mass is 334 g/mol. The molecule has 1 N–H and O–H groups in total. The summed E-state index contributed by atoms with van der Waals surface area (Å²) in [6, 6.07) is 15.1. The highest BCUT2D eigenvalue weighted by atomic mass is 16.2. The van der Waals surface area contributed by atoms with Gasteiger partial charge in [-0.3, -0.25) is 19.3 Å². The maximum absolute atomic E-state index is 12.5. The summed E-state index contributed by atoms with van der Waals surface area (Å²) in [5, 5.41) is 2.87. The van der Waals surface area contributed by atoms with E-state index in [9.17, 15) is 14.4 Å². The molecule has 5 nitrogen and oxygen atoms in total. The van der Waals surface area contributed by atoms with Crippen molar-refractivity contribution in [3.05, 3.63) is 83.9 Å². The van der Waals surface area contributed by atoms with Crippen LogP contribution in [0.15, 0.2) is 67.3 Å². The molecule has 1 unspecified atom stereocenters. The molecule has 0 bridgehead atoms. The van der Waals surface area contributed by atoms with Crippen LogP contribution in [0, 0.1) is 0 Å². The van der Waals surface area contributed by atoms with Crippen molar-refractivity contribution < 1.29 is 14.4 Å². The third kappa shape index (κ3) is 3.35. The zero-order chi connectivity index (χ0) is 17.8. The van der Waals surface area contributed by atoms with Crippen LogP contribution in [0.3, 0.4) is 0 Å². The third-order valence-electron chi connectivity index (χ3n) is 4.10. The Kier molecular flexibility index (Phi) is 4.75. The minimum atomic E-state index is -0.396. The van der Waals surface area contributed by atoms with E-state index < -0.39 is 6.04 Å². The molecule has 0 saturated carbocycles. The molecule has 1 aliphatic heterocycles. The summed E-state index contributed by atoms with van der Waals surface area (Å²) >= 11 is 0. The van der Waals surface area contributed by atoms with Crippen LogP contribution < -0.4 is 5.32 Å². The van der Waals surface area contributed by atoms with Crippen molar-refractivity contribution in [3.63, 3.8) is 0 Å². The van der Waals surface area contributed by atoms with Gasteiger partial charge in [-0.15, -0.1) is 6.58 Å². The molecule has 0 spiro atoms. The SMILES string of the molecule is C=CCC(CN1C(=O)c2ccccc2C1=O)NC(=O)c1ccccc1. The highest BCUT2D eigenvalue weighted by Crippen LogP contribution is 2.22. The van der Waals surface area contributed by atoms with Crippen molar-refractivity contribution >= 4 is 17.7 Å². The van der Waals surface area contributed by atoms with E-state index in [0.717, 1.165) is 0 Å². The van der Waals surface area contributed by atoms with Crippen molar-refractivity contribution in [1.82, 2.24) is 10.2 Å². The van der Waals surface area contributed by atoms with Gasteiger partial charge < -0.3 is 5.32 Å². The van der Waals surface area contributed by atoms with Crippen LogP contribution in [0.1, 0.15) is 37.5 Å². The molecular weight excluding hydrogens is 316 g/mol. The van der Waals surface area contributed by atoms with E-state index in [1.807, 2.05) is 6.07 Å². The van der Waals surface area contributed by atoms with E-state index in [4.69, 9.17) is 0 Å². The minimum absolute atomic E-state index is 0.108. The summed E-state index contributed by atoms with van der Waals surface area (Å²) in [6.07, 6.45) is 2.11. The fourth-order valence-corrected chi connectivity index (χ4v) is 2.86. The van der Waals surface area contributed by atoms with E-state index in [0.29, 0.717) is 23.1 Å². The standard InChI is InChI=1S/C20H18N2O3/c1-2-8-15(21-18(23)14-9-4-3-5-10-14)13-22-19(24)16-11-6-7-12-17(16)20(22)25/h2-7,9-12,15H,1,8,13H2,(H,21,23). The van der Waals surface area contributed by atoms with Gasteiger partial charge in [0.15, 0.2) is 0 Å². The topological polar surface area (TPSA) is 66.5 Å². The maximum atomic E-state index is 12.5. The van der Waals surface area contributed by atoms with Gasteiger partial charge >= 0.3 is 0 Å². The summed E-state index contributed by atoms with van der Waals surface area (Å²) in [4.78, 5) is 38.5. The third-order valence-corrected chi connectivity index (χ3v) is 4.10. The van der Waals surface area contributed by atoms with E-state index >= 15 is 0 Å². The number of rotatable bonds is 6. The summed E-state index contributed by atoms with van der Waals surface area (Å²) in [7, 11) is 0. The predicted molar refractivity (Wildman–Crippen MR) is 94.3 cm³/mol. The van der Waals surface area contributed by atoms with E-state index in [1.165, 1.54) is 4.90 Å². The number of carbonyl (C=O) groups is 3. The van der Waals surface area contributed by atoms with Gasteiger partial charge in [0, 0.05) is 12.1 Å². The second kappa shape index (κ2) is 7.13. The number of hydrogen-bond acceptors (Lipinski definition) is 3. The molecule has 25 heavy (non-hydrogen) atoms. The highest BCUT2D eigenvalue weighted by molar-refractivity contribution is 6.21. The number of amides is 3. The lowest BCUT2D eigenvalue weighted by Gasteiger charge is -2.22. The minimum Gasteiger partial charge on any atom is -0.347 e. The first-order valence-corrected chi connectivity index (χ1v) is 8.04. The molecule has 126 valence electrons. The van der Waals surface area contributed by atoms with Crippen LogP contribution in [0.25, 0.3) is 0 Å². The Morgan fingerprint density at radius 1 is 1.00 bits per heavy atom. The molecule has 5 heteroatoms. The van der Waals surface area contributed by atoms with Crippen LogP contribution >= 0.6 is 0 Å². The Morgan fingerprint density at radius 3 is 2.12 bits per heavy atom. The van der Waals surface area contributed by atoms with Crippen LogP contribution in [0.2, 0.25) is 0 Å². The molecule has 1 atom stereocenters. The molecule has 0 radical (unpaired) electrons. The number of benzene rings is 2. The molecule has 1 aliphatic rings. The molecule has 1 heterocycles. The number of nitrogens with zero attached hydrogens (tertiary/aromatic N) is 1. The number of fused-ring (bicyclic) bond motifs is 1. The van der Waals surface area contributed by atoms with Gasteiger partial charge in [-0.2, -0.15) is 0 Å². The summed E-state index contributed by atoms with van der Waals surface area (Å²) in [5.41, 5.74) is 1.33. The second-order valence-electron chi connectivity index (χ2n) is 5.83. The summed E-state index contributed by atoms with van der Waals surface area (Å²) < 4.78 is 0. The molecule has 0 saturated heterocycles. The van der Waals surface area contributed by atoms with Crippen molar-refractivity contribution in [1.29, 1.82) is 0 Å². The van der Waals surface area contributed by atoms with Crippen LogP contribution in [0.4, 0.5) is 0 Å². The van der Waals surface area contributed by atoms with Crippen LogP contribution in [0.5, 0.6) is 0 Å². The van der Waals surface area contributed by atoms with Gasteiger partial charge in [0.1, 0.15) is 0 Å². The normalized spacial score (nSPS) is 14.2. The Bertz CT molecular complexity index is 795. The lowest BCUT2D eigenvalue weighted by molar-refractivity contribution is 0.0629. The van der Waals surface area contributed by atoms with Crippen molar-refractivity contribution in [3.8, 4) is 0 Å². The van der Waals surface area contributed by atoms with Crippen LogP contribution in [-0.4, -0.2) is 35.2 Å². The number of hydrogen-bond donors (Lipinski definition) is 1. The van der Waals surface area contributed by atoms with Gasteiger partial charge in [-0.1, -0.05) is 36.4 Å². The molecule has 3 rings (SSSR count). The zero-order valence-electron chi connectivity index (χ0n) is 13.6. The molecule has 0 aliphatic carbocycles. The Hall–Kier alpha value is -3.21. The number of nitrogens with one attached hydrogen (secondary N) is 1. The summed E-state index contributed by atoms with van der Waals surface area (Å²) in [5.74, 6) is -0.906. The molecule has 0 aromatic heterocycles. The molecular formula is C20H18N2O3. The fourth-order valence-electron chi connectivity index (χ4n) is 2.86. The van der Waals surface area contributed by atoms with E-state index in [2.05, 4.69) is 11.9 Å². The van der Waals surface area contributed by atoms with Crippen molar-refractivity contribution in [2.75, 3.05) is 6.54 Å². The highest BCUT2D eigenvalue weighted by Gasteiger charge is 2.36. The molecule has 2 aromatic carbocycles. The second-order valence-corrected chi connectivity index (χ2v) is 5.83. The maximum Gasteiger partial charge on any atom is 0.261 e. The largest absolute Gasteiger partial charge is 0.347 e. The van der Waals surface area contributed by atoms with Gasteiger partial charge in [-0.05, 0) is 30.7 Å². The quantitative estimate of drug-likeness (QED) is 0.652. The first-order valence-electron chi connectivity index (χ1n) is 8.04.